The molecule has 0 saturated heterocycles. The number of anilines is 1. The number of amides is 1. The average molecular weight is 562 g/mol. The first kappa shape index (κ1) is 24.4. The fourth-order valence-corrected chi connectivity index (χ4v) is 4.39. The number of carbonyl (C=O) groups is 2. The number of pyridine rings is 1. The Balaban J connectivity index is 2.08. The Morgan fingerprint density at radius 2 is 1.74 bits per heavy atom. The number of ketones is 1. The lowest BCUT2D eigenvalue weighted by atomic mass is 9.97. The van der Waals surface area contributed by atoms with Crippen molar-refractivity contribution in [2.75, 3.05) is 5.32 Å². The van der Waals surface area contributed by atoms with Gasteiger partial charge in [-0.05, 0) is 49.7 Å². The van der Waals surface area contributed by atoms with Gasteiger partial charge in [0.25, 0.3) is 0 Å². The molecule has 0 unspecified atom stereocenters. The first-order chi connectivity index (χ1) is 16.0. The summed E-state index contributed by atoms with van der Waals surface area (Å²) in [6, 6.07) is 14.4. The van der Waals surface area contributed by atoms with Crippen LogP contribution in [0.5, 0.6) is 0 Å². The summed E-state index contributed by atoms with van der Waals surface area (Å²) in [4.78, 5) is 29.6. The van der Waals surface area contributed by atoms with Crippen LogP contribution in [-0.2, 0) is 4.79 Å². The summed E-state index contributed by atoms with van der Waals surface area (Å²) in [5.74, 6) is -1.28. The molecular formula is C25H19BrCl2N2O4. The van der Waals surface area contributed by atoms with Crippen LogP contribution < -0.4 is 5.32 Å². The standard InChI is InChI=1S/C25H19BrCl2N2O4/c1-12(31)29-21-18-11-17(13-4-7-15(27)8-5-13)20(16-9-6-14(26)10-19(16)28)30-24(18)34-22(21)23(32)25(2,3)33/h4-11,33H,1-3H3,(H,29,31). The van der Waals surface area contributed by atoms with Gasteiger partial charge in [0.05, 0.1) is 16.1 Å². The highest BCUT2D eigenvalue weighted by Gasteiger charge is 2.33. The van der Waals surface area contributed by atoms with Crippen molar-refractivity contribution in [2.45, 2.75) is 26.4 Å². The van der Waals surface area contributed by atoms with E-state index in [0.29, 0.717) is 32.3 Å². The van der Waals surface area contributed by atoms with Gasteiger partial charge in [0.2, 0.25) is 17.4 Å². The van der Waals surface area contributed by atoms with Crippen molar-refractivity contribution in [2.24, 2.45) is 0 Å². The van der Waals surface area contributed by atoms with E-state index in [0.717, 1.165) is 10.0 Å². The summed E-state index contributed by atoms with van der Waals surface area (Å²) < 4.78 is 6.62. The molecule has 0 atom stereocenters. The number of nitrogens with one attached hydrogen (secondary N) is 1. The number of aliphatic hydroxyl groups is 1. The van der Waals surface area contributed by atoms with Crippen LogP contribution in [0.4, 0.5) is 5.69 Å². The molecule has 2 heterocycles. The summed E-state index contributed by atoms with van der Waals surface area (Å²) in [7, 11) is 0. The zero-order chi connectivity index (χ0) is 24.8. The number of hydrogen-bond donors (Lipinski definition) is 2. The lowest BCUT2D eigenvalue weighted by molar-refractivity contribution is -0.114. The van der Waals surface area contributed by atoms with Crippen molar-refractivity contribution in [3.63, 3.8) is 0 Å². The van der Waals surface area contributed by atoms with Gasteiger partial charge in [0, 0.05) is 27.5 Å². The Morgan fingerprint density at radius 1 is 1.06 bits per heavy atom. The van der Waals surface area contributed by atoms with E-state index in [9.17, 15) is 14.7 Å². The number of hydrogen-bond acceptors (Lipinski definition) is 5. The highest BCUT2D eigenvalue weighted by Crippen LogP contribution is 2.41. The normalized spacial score (nSPS) is 11.6. The quantitative estimate of drug-likeness (QED) is 0.252. The van der Waals surface area contributed by atoms with Crippen molar-refractivity contribution >= 4 is 67.6 Å². The van der Waals surface area contributed by atoms with E-state index < -0.39 is 17.3 Å². The van der Waals surface area contributed by atoms with E-state index in [1.54, 1.807) is 24.3 Å². The van der Waals surface area contributed by atoms with Gasteiger partial charge in [-0.25, -0.2) is 4.98 Å². The van der Waals surface area contributed by atoms with Crippen LogP contribution in [0.3, 0.4) is 0 Å². The van der Waals surface area contributed by atoms with Gasteiger partial charge in [0.1, 0.15) is 11.3 Å². The number of rotatable bonds is 5. The lowest BCUT2D eigenvalue weighted by Gasteiger charge is -2.14. The zero-order valence-corrected chi connectivity index (χ0v) is 21.5. The Morgan fingerprint density at radius 3 is 2.32 bits per heavy atom. The second-order valence-corrected chi connectivity index (χ2v) is 10.0. The van der Waals surface area contributed by atoms with E-state index in [4.69, 9.17) is 32.6 Å². The predicted octanol–water partition coefficient (Wildman–Crippen LogP) is 7.14. The molecule has 4 rings (SSSR count). The van der Waals surface area contributed by atoms with E-state index in [-0.39, 0.29) is 17.2 Å². The Labute approximate surface area is 214 Å². The third-order valence-electron chi connectivity index (χ3n) is 5.09. The topological polar surface area (TPSA) is 92.4 Å². The van der Waals surface area contributed by atoms with E-state index in [1.165, 1.54) is 20.8 Å². The van der Waals surface area contributed by atoms with Gasteiger partial charge in [-0.3, -0.25) is 9.59 Å². The molecule has 2 aromatic carbocycles. The first-order valence-corrected chi connectivity index (χ1v) is 11.7. The van der Waals surface area contributed by atoms with Crippen LogP contribution in [0.15, 0.2) is 57.4 Å². The SMILES string of the molecule is CC(=O)Nc1c(C(=O)C(C)(C)O)oc2nc(-c3ccc(Br)cc3Cl)c(-c3ccc(Cl)cc3)cc12. The molecule has 0 aliphatic heterocycles. The van der Waals surface area contributed by atoms with Crippen LogP contribution in [0.1, 0.15) is 31.3 Å². The fourth-order valence-electron chi connectivity index (χ4n) is 3.50. The number of nitrogens with zero attached hydrogens (tertiary/aromatic N) is 1. The molecule has 9 heteroatoms. The van der Waals surface area contributed by atoms with Crippen LogP contribution in [0.25, 0.3) is 33.5 Å². The molecule has 34 heavy (non-hydrogen) atoms. The third kappa shape index (κ3) is 4.74. The van der Waals surface area contributed by atoms with Crippen molar-refractivity contribution in [1.29, 1.82) is 0 Å². The minimum atomic E-state index is -1.72. The Kier molecular flexibility index (Phi) is 6.57. The fraction of sp³-hybridized carbons (Fsp3) is 0.160. The van der Waals surface area contributed by atoms with Gasteiger partial charge in [0.15, 0.2) is 5.76 Å². The van der Waals surface area contributed by atoms with Gasteiger partial charge in [-0.2, -0.15) is 0 Å². The number of Topliss-reactive ketones (excluding diaryl/α,β-unsaturated/α-hetero) is 1. The highest BCUT2D eigenvalue weighted by atomic mass is 79.9. The first-order valence-electron chi connectivity index (χ1n) is 10.2. The molecule has 0 radical (unpaired) electrons. The predicted molar refractivity (Wildman–Crippen MR) is 138 cm³/mol. The number of fused-ring (bicyclic) bond motifs is 1. The Bertz CT molecular complexity index is 1440. The van der Waals surface area contributed by atoms with E-state index >= 15 is 0 Å². The third-order valence-corrected chi connectivity index (χ3v) is 6.15. The summed E-state index contributed by atoms with van der Waals surface area (Å²) >= 11 is 16.1. The Hall–Kier alpha value is -2.71. The van der Waals surface area contributed by atoms with Gasteiger partial charge >= 0.3 is 0 Å². The van der Waals surface area contributed by atoms with E-state index in [1.807, 2.05) is 24.3 Å². The summed E-state index contributed by atoms with van der Waals surface area (Å²) in [6.07, 6.45) is 0. The van der Waals surface area contributed by atoms with Crippen LogP contribution in [0.2, 0.25) is 10.0 Å². The minimum Gasteiger partial charge on any atom is -0.432 e. The average Bonchev–Trinajstić information content (AvgIpc) is 3.09. The molecule has 0 aliphatic rings. The van der Waals surface area contributed by atoms with E-state index in [2.05, 4.69) is 21.2 Å². The number of benzene rings is 2. The maximum atomic E-state index is 12.9. The molecule has 0 aliphatic carbocycles. The lowest BCUT2D eigenvalue weighted by Crippen LogP contribution is -2.31. The number of furan rings is 1. The van der Waals surface area contributed by atoms with Crippen LogP contribution >= 0.6 is 39.1 Å². The molecule has 0 saturated carbocycles. The molecular weight excluding hydrogens is 543 g/mol. The highest BCUT2D eigenvalue weighted by molar-refractivity contribution is 9.10. The second-order valence-electron chi connectivity index (χ2n) is 8.24. The van der Waals surface area contributed by atoms with Crippen LogP contribution in [0, 0.1) is 0 Å². The van der Waals surface area contributed by atoms with Crippen molar-refractivity contribution < 1.29 is 19.1 Å². The monoisotopic (exact) mass is 560 g/mol. The van der Waals surface area contributed by atoms with Crippen molar-refractivity contribution in [1.82, 2.24) is 4.98 Å². The largest absolute Gasteiger partial charge is 0.432 e. The van der Waals surface area contributed by atoms with Gasteiger partial charge < -0.3 is 14.8 Å². The maximum absolute atomic E-state index is 12.9. The summed E-state index contributed by atoms with van der Waals surface area (Å²) in [5, 5.41) is 14.4. The van der Waals surface area contributed by atoms with Gasteiger partial charge in [-0.1, -0.05) is 57.3 Å². The molecule has 2 N–H and O–H groups in total. The number of halogens is 3. The summed E-state index contributed by atoms with van der Waals surface area (Å²) in [5.41, 5.74) is 1.16. The molecule has 0 fully saturated rings. The molecule has 174 valence electrons. The molecule has 0 bridgehead atoms. The molecule has 4 aromatic rings. The molecule has 1 amide bonds. The van der Waals surface area contributed by atoms with Crippen molar-refractivity contribution in [3.8, 4) is 22.4 Å². The smallest absolute Gasteiger partial charge is 0.231 e. The van der Waals surface area contributed by atoms with Crippen molar-refractivity contribution in [3.05, 3.63) is 68.8 Å². The maximum Gasteiger partial charge on any atom is 0.231 e. The number of aromatic nitrogens is 1. The molecule has 6 nitrogen and oxygen atoms in total. The molecule has 2 aromatic heterocycles. The molecule has 0 spiro atoms. The zero-order valence-electron chi connectivity index (χ0n) is 18.4. The van der Waals surface area contributed by atoms with Crippen LogP contribution in [-0.4, -0.2) is 27.4 Å². The summed E-state index contributed by atoms with van der Waals surface area (Å²) in [6.45, 7) is 4.01. The van der Waals surface area contributed by atoms with Gasteiger partial charge in [-0.15, -0.1) is 0 Å². The minimum absolute atomic E-state index is 0.114. The number of carbonyl (C=O) groups excluding carboxylic acids is 2. The second kappa shape index (κ2) is 9.15.